The van der Waals surface area contributed by atoms with Gasteiger partial charge in [-0.15, -0.1) is 0 Å². The Labute approximate surface area is 126 Å². The first kappa shape index (κ1) is 14.6. The van der Waals surface area contributed by atoms with Gasteiger partial charge in [0.15, 0.2) is 11.2 Å². The lowest BCUT2D eigenvalue weighted by Gasteiger charge is -2.21. The Morgan fingerprint density at radius 2 is 2.05 bits per heavy atom. The van der Waals surface area contributed by atoms with Crippen molar-refractivity contribution < 1.29 is 9.21 Å². The predicted molar refractivity (Wildman–Crippen MR) is 82.0 cm³/mol. The number of carbonyl (C=O) groups excluding carboxylic acids is 1. The Hall–Kier alpha value is -2.37. The lowest BCUT2D eigenvalue weighted by Crippen LogP contribution is -2.31. The van der Waals surface area contributed by atoms with Gasteiger partial charge in [-0.1, -0.05) is 19.3 Å². The molecule has 0 aliphatic heterocycles. The molecule has 0 bridgehead atoms. The molecule has 1 aliphatic carbocycles. The lowest BCUT2D eigenvalue weighted by molar-refractivity contribution is 0.0916. The molecule has 6 heteroatoms. The smallest absolute Gasteiger partial charge is 0.291 e. The minimum absolute atomic E-state index is 0.113. The number of aromatic nitrogens is 1. The molecule has 116 valence electrons. The van der Waals surface area contributed by atoms with Crippen LogP contribution in [0.5, 0.6) is 0 Å². The van der Waals surface area contributed by atoms with E-state index < -0.39 is 16.9 Å². The molecular weight excluding hydrogens is 284 g/mol. The molecule has 0 spiro atoms. The van der Waals surface area contributed by atoms with Gasteiger partial charge in [-0.2, -0.15) is 0 Å². The van der Waals surface area contributed by atoms with Crippen LogP contribution in [0.2, 0.25) is 0 Å². The van der Waals surface area contributed by atoms with Gasteiger partial charge in [-0.25, -0.2) is 0 Å². The highest BCUT2D eigenvalue weighted by atomic mass is 16.3. The van der Waals surface area contributed by atoms with Gasteiger partial charge in [0, 0.05) is 18.8 Å². The zero-order valence-corrected chi connectivity index (χ0v) is 12.2. The second kappa shape index (κ2) is 6.17. The molecule has 2 heterocycles. The number of fused-ring (bicyclic) bond motifs is 1. The normalized spacial score (nSPS) is 15.8. The maximum absolute atomic E-state index is 12.1. The Balaban J connectivity index is 1.80. The standard InChI is InChI=1S/C16H18N2O4/c19-12-8-13(22-14-11(12)6-7-17-16(14)21)15(20)18-9-10-4-2-1-3-5-10/h6-8,10H,1-5,9H2,(H,17,21)(H,18,20). The molecular formula is C16H18N2O4. The van der Waals surface area contributed by atoms with E-state index in [2.05, 4.69) is 10.3 Å². The molecule has 1 aliphatic rings. The second-order valence-corrected chi connectivity index (χ2v) is 5.74. The summed E-state index contributed by atoms with van der Waals surface area (Å²) >= 11 is 0. The van der Waals surface area contributed by atoms with Gasteiger partial charge in [0.25, 0.3) is 11.5 Å². The second-order valence-electron chi connectivity index (χ2n) is 5.74. The van der Waals surface area contributed by atoms with E-state index in [1.165, 1.54) is 31.5 Å². The van der Waals surface area contributed by atoms with Crippen LogP contribution in [0.4, 0.5) is 0 Å². The largest absolute Gasteiger partial charge is 0.445 e. The first-order valence-corrected chi connectivity index (χ1v) is 7.59. The fraction of sp³-hybridized carbons (Fsp3) is 0.438. The van der Waals surface area contributed by atoms with E-state index in [1.807, 2.05) is 0 Å². The van der Waals surface area contributed by atoms with E-state index in [0.29, 0.717) is 12.5 Å². The van der Waals surface area contributed by atoms with Crippen molar-refractivity contribution in [3.8, 4) is 0 Å². The van der Waals surface area contributed by atoms with Crippen LogP contribution < -0.4 is 16.3 Å². The maximum Gasteiger partial charge on any atom is 0.291 e. The maximum atomic E-state index is 12.1. The SMILES string of the molecule is O=C(NCC1CCCCC1)c1cc(=O)c2cc[nH]c(=O)c2o1. The van der Waals surface area contributed by atoms with Crippen LogP contribution in [0, 0.1) is 5.92 Å². The van der Waals surface area contributed by atoms with Crippen molar-refractivity contribution in [1.82, 2.24) is 10.3 Å². The number of amides is 1. The van der Waals surface area contributed by atoms with Crippen LogP contribution in [0.25, 0.3) is 11.0 Å². The topological polar surface area (TPSA) is 92.2 Å². The van der Waals surface area contributed by atoms with Gasteiger partial charge >= 0.3 is 0 Å². The van der Waals surface area contributed by atoms with Crippen LogP contribution >= 0.6 is 0 Å². The zero-order chi connectivity index (χ0) is 15.5. The Morgan fingerprint density at radius 1 is 1.27 bits per heavy atom. The monoisotopic (exact) mass is 302 g/mol. The minimum atomic E-state index is -0.517. The van der Waals surface area contributed by atoms with E-state index in [9.17, 15) is 14.4 Å². The van der Waals surface area contributed by atoms with Crippen LogP contribution in [-0.2, 0) is 0 Å². The van der Waals surface area contributed by atoms with Crippen LogP contribution in [0.3, 0.4) is 0 Å². The highest BCUT2D eigenvalue weighted by molar-refractivity contribution is 5.92. The van der Waals surface area contributed by atoms with E-state index in [1.54, 1.807) is 0 Å². The number of H-pyrrole nitrogens is 1. The van der Waals surface area contributed by atoms with E-state index in [4.69, 9.17) is 4.42 Å². The van der Waals surface area contributed by atoms with Crippen molar-refractivity contribution >= 4 is 16.9 Å². The molecule has 1 fully saturated rings. The molecule has 22 heavy (non-hydrogen) atoms. The number of pyridine rings is 1. The minimum Gasteiger partial charge on any atom is -0.445 e. The van der Waals surface area contributed by atoms with Crippen molar-refractivity contribution in [2.24, 2.45) is 5.92 Å². The fourth-order valence-corrected chi connectivity index (χ4v) is 2.92. The third-order valence-corrected chi connectivity index (χ3v) is 4.15. The number of rotatable bonds is 3. The molecule has 2 aromatic rings. The summed E-state index contributed by atoms with van der Waals surface area (Å²) in [5, 5.41) is 2.97. The number of hydrogen-bond donors (Lipinski definition) is 2. The molecule has 3 rings (SSSR count). The highest BCUT2D eigenvalue weighted by Crippen LogP contribution is 2.22. The number of hydrogen-bond acceptors (Lipinski definition) is 4. The molecule has 0 radical (unpaired) electrons. The molecule has 1 amide bonds. The van der Waals surface area contributed by atoms with Crippen molar-refractivity contribution in [3.05, 3.63) is 44.7 Å². The van der Waals surface area contributed by atoms with Gasteiger partial charge in [0.05, 0.1) is 5.39 Å². The zero-order valence-electron chi connectivity index (χ0n) is 12.2. The molecule has 2 N–H and O–H groups in total. The summed E-state index contributed by atoms with van der Waals surface area (Å²) in [6.07, 6.45) is 7.25. The number of aromatic amines is 1. The molecule has 0 saturated heterocycles. The van der Waals surface area contributed by atoms with E-state index in [0.717, 1.165) is 18.9 Å². The first-order chi connectivity index (χ1) is 10.6. The Bertz CT molecular complexity index is 800. The molecule has 1 saturated carbocycles. The van der Waals surface area contributed by atoms with Crippen molar-refractivity contribution in [2.45, 2.75) is 32.1 Å². The van der Waals surface area contributed by atoms with Crippen LogP contribution in [0.1, 0.15) is 42.7 Å². The molecule has 6 nitrogen and oxygen atoms in total. The summed E-state index contributed by atoms with van der Waals surface area (Å²) in [5.41, 5.74) is -1.02. The van der Waals surface area contributed by atoms with E-state index >= 15 is 0 Å². The summed E-state index contributed by atoms with van der Waals surface area (Å²) in [6, 6.07) is 2.60. The molecule has 0 atom stereocenters. The Morgan fingerprint density at radius 3 is 2.82 bits per heavy atom. The molecule has 0 unspecified atom stereocenters. The average molecular weight is 302 g/mol. The van der Waals surface area contributed by atoms with Crippen LogP contribution in [0.15, 0.2) is 32.3 Å². The van der Waals surface area contributed by atoms with Gasteiger partial charge in [-0.05, 0) is 24.8 Å². The summed E-state index contributed by atoms with van der Waals surface area (Å²) < 4.78 is 5.32. The van der Waals surface area contributed by atoms with Gasteiger partial charge in [0.2, 0.25) is 5.58 Å². The third-order valence-electron chi connectivity index (χ3n) is 4.15. The first-order valence-electron chi connectivity index (χ1n) is 7.59. The molecule has 2 aromatic heterocycles. The molecule has 0 aromatic carbocycles. The van der Waals surface area contributed by atoms with Crippen molar-refractivity contribution in [2.75, 3.05) is 6.54 Å². The van der Waals surface area contributed by atoms with E-state index in [-0.39, 0.29) is 16.7 Å². The van der Waals surface area contributed by atoms with Crippen LogP contribution in [-0.4, -0.2) is 17.4 Å². The lowest BCUT2D eigenvalue weighted by atomic mass is 9.89. The Kier molecular flexibility index (Phi) is 4.09. The average Bonchev–Trinajstić information content (AvgIpc) is 2.54. The number of nitrogens with one attached hydrogen (secondary N) is 2. The summed E-state index contributed by atoms with van der Waals surface area (Å²) in [7, 11) is 0. The number of carbonyl (C=O) groups is 1. The summed E-state index contributed by atoms with van der Waals surface area (Å²) in [4.78, 5) is 38.2. The van der Waals surface area contributed by atoms with Crippen molar-refractivity contribution in [3.63, 3.8) is 0 Å². The van der Waals surface area contributed by atoms with Gasteiger partial charge in [-0.3, -0.25) is 14.4 Å². The fourth-order valence-electron chi connectivity index (χ4n) is 2.92. The van der Waals surface area contributed by atoms with Gasteiger partial charge in [0.1, 0.15) is 0 Å². The summed E-state index contributed by atoms with van der Waals surface area (Å²) in [6.45, 7) is 0.575. The highest BCUT2D eigenvalue weighted by Gasteiger charge is 2.17. The summed E-state index contributed by atoms with van der Waals surface area (Å²) in [5.74, 6) is -0.0916. The van der Waals surface area contributed by atoms with Gasteiger partial charge < -0.3 is 14.7 Å². The van der Waals surface area contributed by atoms with Crippen molar-refractivity contribution in [1.29, 1.82) is 0 Å². The predicted octanol–water partition coefficient (Wildman–Crippen LogP) is 1.79. The third kappa shape index (κ3) is 2.95. The quantitative estimate of drug-likeness (QED) is 0.904.